The SMILES string of the molecule is O=C(NC1CCOCC1)c1ccc2c(c1)sc1nc(-c3ccc(C4CCCN4)cc3F)cn12. The molecule has 2 aromatic carbocycles. The fraction of sp³-hybridized carbons (Fsp3) is 0.360. The van der Waals surface area contributed by atoms with E-state index in [1.165, 1.54) is 11.3 Å². The minimum Gasteiger partial charge on any atom is -0.381 e. The second-order valence-electron chi connectivity index (χ2n) is 8.81. The van der Waals surface area contributed by atoms with Crippen LogP contribution < -0.4 is 10.6 Å². The molecule has 2 saturated heterocycles. The van der Waals surface area contributed by atoms with E-state index in [0.717, 1.165) is 53.0 Å². The minimum absolute atomic E-state index is 0.0607. The zero-order valence-electron chi connectivity index (χ0n) is 18.1. The highest BCUT2D eigenvalue weighted by Gasteiger charge is 2.20. The molecule has 0 bridgehead atoms. The standard InChI is InChI=1S/C25H25FN4O2S/c26-19-12-15(20-2-1-9-27-20)3-5-18(19)21-14-30-22-6-4-16(13-23(22)33-25(30)29-21)24(31)28-17-7-10-32-11-8-17/h3-6,12-14,17,20,27H,1-2,7-11H2,(H,28,31). The number of nitrogens with zero attached hydrogens (tertiary/aromatic N) is 2. The third-order valence-electron chi connectivity index (χ3n) is 6.64. The van der Waals surface area contributed by atoms with Crippen LogP contribution in [0.1, 0.15) is 47.6 Å². The van der Waals surface area contributed by atoms with Crippen LogP contribution in [0.25, 0.3) is 26.4 Å². The zero-order valence-corrected chi connectivity index (χ0v) is 19.0. The zero-order chi connectivity index (χ0) is 22.4. The van der Waals surface area contributed by atoms with Gasteiger partial charge < -0.3 is 15.4 Å². The van der Waals surface area contributed by atoms with Crippen molar-refractivity contribution < 1.29 is 13.9 Å². The number of amides is 1. The molecule has 2 N–H and O–H groups in total. The number of benzene rings is 2. The van der Waals surface area contributed by atoms with Crippen molar-refractivity contribution in [2.24, 2.45) is 0 Å². The van der Waals surface area contributed by atoms with Crippen LogP contribution in [0.5, 0.6) is 0 Å². The predicted octanol–water partition coefficient (Wildman–Crippen LogP) is 4.69. The summed E-state index contributed by atoms with van der Waals surface area (Å²) in [7, 11) is 0. The average Bonchev–Trinajstić information content (AvgIpc) is 3.56. The third kappa shape index (κ3) is 3.92. The summed E-state index contributed by atoms with van der Waals surface area (Å²) in [6.07, 6.45) is 5.73. The summed E-state index contributed by atoms with van der Waals surface area (Å²) in [4.78, 5) is 18.2. The normalized spacial score (nSPS) is 19.5. The summed E-state index contributed by atoms with van der Waals surface area (Å²) in [5.41, 5.74) is 3.72. The summed E-state index contributed by atoms with van der Waals surface area (Å²) < 4.78 is 23.3. The molecule has 2 aliphatic rings. The Kier molecular flexibility index (Phi) is 5.36. The van der Waals surface area contributed by atoms with Crippen LogP contribution in [0.3, 0.4) is 0 Å². The van der Waals surface area contributed by atoms with Gasteiger partial charge in [-0.05, 0) is 68.1 Å². The van der Waals surface area contributed by atoms with Crippen molar-refractivity contribution in [1.82, 2.24) is 20.0 Å². The number of ether oxygens (including phenoxy) is 1. The Labute approximate surface area is 194 Å². The number of aromatic nitrogens is 2. The average molecular weight is 465 g/mol. The lowest BCUT2D eigenvalue weighted by molar-refractivity contribution is 0.0696. The van der Waals surface area contributed by atoms with E-state index >= 15 is 0 Å². The molecule has 6 rings (SSSR count). The van der Waals surface area contributed by atoms with E-state index in [0.29, 0.717) is 30.0 Å². The molecule has 2 aliphatic heterocycles. The van der Waals surface area contributed by atoms with E-state index in [1.54, 1.807) is 6.07 Å². The van der Waals surface area contributed by atoms with Crippen LogP contribution in [0.4, 0.5) is 4.39 Å². The first-order valence-electron chi connectivity index (χ1n) is 11.5. The van der Waals surface area contributed by atoms with Gasteiger partial charge in [0.25, 0.3) is 5.91 Å². The van der Waals surface area contributed by atoms with Crippen LogP contribution in [0.2, 0.25) is 0 Å². The molecular formula is C25H25FN4O2S. The molecule has 170 valence electrons. The van der Waals surface area contributed by atoms with E-state index in [1.807, 2.05) is 40.9 Å². The Morgan fingerprint density at radius 1 is 1.18 bits per heavy atom. The summed E-state index contributed by atoms with van der Waals surface area (Å²) in [6.45, 7) is 2.36. The first kappa shape index (κ1) is 20.8. The largest absolute Gasteiger partial charge is 0.381 e. The van der Waals surface area contributed by atoms with Crippen LogP contribution in [-0.4, -0.2) is 41.1 Å². The van der Waals surface area contributed by atoms with Gasteiger partial charge in [-0.3, -0.25) is 9.20 Å². The Morgan fingerprint density at radius 2 is 2.06 bits per heavy atom. The van der Waals surface area contributed by atoms with Crippen molar-refractivity contribution in [1.29, 1.82) is 0 Å². The fourth-order valence-electron chi connectivity index (χ4n) is 4.81. The second-order valence-corrected chi connectivity index (χ2v) is 9.82. The number of carbonyl (C=O) groups is 1. The van der Waals surface area contributed by atoms with E-state index < -0.39 is 0 Å². The van der Waals surface area contributed by atoms with Gasteiger partial charge in [0.2, 0.25) is 0 Å². The molecule has 6 nitrogen and oxygen atoms in total. The van der Waals surface area contributed by atoms with Crippen molar-refractivity contribution in [3.63, 3.8) is 0 Å². The minimum atomic E-state index is -0.247. The summed E-state index contributed by atoms with van der Waals surface area (Å²) in [5.74, 6) is -0.308. The number of nitrogens with one attached hydrogen (secondary N) is 2. The van der Waals surface area contributed by atoms with Gasteiger partial charge in [-0.2, -0.15) is 0 Å². The van der Waals surface area contributed by atoms with Crippen molar-refractivity contribution >= 4 is 32.4 Å². The van der Waals surface area contributed by atoms with Gasteiger partial charge >= 0.3 is 0 Å². The Morgan fingerprint density at radius 3 is 2.85 bits per heavy atom. The molecule has 0 spiro atoms. The molecule has 1 amide bonds. The number of rotatable bonds is 4. The maximum atomic E-state index is 14.9. The quantitative estimate of drug-likeness (QED) is 0.460. The second kappa shape index (κ2) is 8.52. The number of hydrogen-bond donors (Lipinski definition) is 2. The summed E-state index contributed by atoms with van der Waals surface area (Å²) >= 11 is 1.50. The van der Waals surface area contributed by atoms with E-state index in [9.17, 15) is 9.18 Å². The van der Waals surface area contributed by atoms with Crippen LogP contribution in [0, 0.1) is 5.82 Å². The van der Waals surface area contributed by atoms with E-state index in [-0.39, 0.29) is 23.8 Å². The number of halogens is 1. The first-order valence-corrected chi connectivity index (χ1v) is 12.3. The fourth-order valence-corrected chi connectivity index (χ4v) is 5.85. The molecule has 8 heteroatoms. The maximum absolute atomic E-state index is 14.9. The lowest BCUT2D eigenvalue weighted by Gasteiger charge is -2.23. The molecular weight excluding hydrogens is 439 g/mol. The van der Waals surface area contributed by atoms with Crippen LogP contribution in [0.15, 0.2) is 42.6 Å². The highest BCUT2D eigenvalue weighted by atomic mass is 32.1. The monoisotopic (exact) mass is 464 g/mol. The van der Waals surface area contributed by atoms with Gasteiger partial charge in [0.1, 0.15) is 5.82 Å². The number of thiazole rings is 1. The van der Waals surface area contributed by atoms with Crippen molar-refractivity contribution in [2.75, 3.05) is 19.8 Å². The number of carbonyl (C=O) groups excluding carboxylic acids is 1. The van der Waals surface area contributed by atoms with Gasteiger partial charge in [0.15, 0.2) is 4.96 Å². The van der Waals surface area contributed by atoms with Gasteiger partial charge in [0, 0.05) is 42.6 Å². The number of fused-ring (bicyclic) bond motifs is 3. The van der Waals surface area contributed by atoms with Gasteiger partial charge in [-0.15, -0.1) is 0 Å². The molecule has 2 aromatic heterocycles. The van der Waals surface area contributed by atoms with Gasteiger partial charge in [0.05, 0.1) is 15.9 Å². The lowest BCUT2D eigenvalue weighted by Crippen LogP contribution is -2.38. The van der Waals surface area contributed by atoms with Crippen LogP contribution in [-0.2, 0) is 4.74 Å². The van der Waals surface area contributed by atoms with Crippen molar-refractivity contribution in [3.05, 3.63) is 59.5 Å². The highest BCUT2D eigenvalue weighted by Crippen LogP contribution is 2.32. The Balaban J connectivity index is 1.27. The van der Waals surface area contributed by atoms with Crippen molar-refractivity contribution in [2.45, 2.75) is 37.8 Å². The molecule has 0 radical (unpaired) electrons. The molecule has 2 fully saturated rings. The molecule has 33 heavy (non-hydrogen) atoms. The third-order valence-corrected chi connectivity index (χ3v) is 7.66. The molecule has 0 saturated carbocycles. The Bertz CT molecular complexity index is 1340. The molecule has 1 unspecified atom stereocenters. The topological polar surface area (TPSA) is 67.7 Å². The predicted molar refractivity (Wildman–Crippen MR) is 127 cm³/mol. The van der Waals surface area contributed by atoms with Crippen LogP contribution >= 0.6 is 11.3 Å². The molecule has 0 aliphatic carbocycles. The maximum Gasteiger partial charge on any atom is 0.251 e. The summed E-state index contributed by atoms with van der Waals surface area (Å²) in [5, 5.41) is 6.52. The molecule has 4 heterocycles. The van der Waals surface area contributed by atoms with E-state index in [4.69, 9.17) is 4.74 Å². The smallest absolute Gasteiger partial charge is 0.251 e. The van der Waals surface area contributed by atoms with E-state index in [2.05, 4.69) is 15.6 Å². The highest BCUT2D eigenvalue weighted by molar-refractivity contribution is 7.23. The molecule has 4 aromatic rings. The van der Waals surface area contributed by atoms with Gasteiger partial charge in [-0.1, -0.05) is 17.4 Å². The van der Waals surface area contributed by atoms with Crippen molar-refractivity contribution in [3.8, 4) is 11.3 Å². The number of hydrogen-bond acceptors (Lipinski definition) is 5. The Hall–Kier alpha value is -2.81. The molecule has 1 atom stereocenters. The number of imidazole rings is 1. The first-order chi connectivity index (χ1) is 16.2. The lowest BCUT2D eigenvalue weighted by atomic mass is 10.0. The summed E-state index contributed by atoms with van der Waals surface area (Å²) in [6, 6.07) is 11.5. The van der Waals surface area contributed by atoms with Gasteiger partial charge in [-0.25, -0.2) is 9.37 Å².